The second-order valence-corrected chi connectivity index (χ2v) is 7.15. The zero-order valence-corrected chi connectivity index (χ0v) is 12.4. The van der Waals surface area contributed by atoms with E-state index < -0.39 is 0 Å². The van der Waals surface area contributed by atoms with Gasteiger partial charge in [-0.05, 0) is 30.6 Å². The summed E-state index contributed by atoms with van der Waals surface area (Å²) in [5.41, 5.74) is 0.507. The Morgan fingerprint density at radius 3 is 2.89 bits per heavy atom. The first-order chi connectivity index (χ1) is 9.05. The van der Waals surface area contributed by atoms with Gasteiger partial charge in [0, 0.05) is 32.0 Å². The monoisotopic (exact) mass is 262 g/mol. The molecule has 19 heavy (non-hydrogen) atoms. The molecule has 0 radical (unpaired) electrons. The van der Waals surface area contributed by atoms with Crippen LogP contribution in [0.2, 0.25) is 0 Å². The molecule has 4 nitrogen and oxygen atoms in total. The molecule has 1 N–H and O–H groups in total. The maximum absolute atomic E-state index is 4.32. The van der Waals surface area contributed by atoms with Crippen LogP contribution in [0.25, 0.3) is 0 Å². The number of nitrogens with zero attached hydrogens (tertiary/aromatic N) is 3. The van der Waals surface area contributed by atoms with E-state index in [2.05, 4.69) is 40.9 Å². The Balaban J connectivity index is 1.51. The van der Waals surface area contributed by atoms with Crippen molar-refractivity contribution < 1.29 is 0 Å². The molecule has 1 aliphatic carbocycles. The van der Waals surface area contributed by atoms with Crippen molar-refractivity contribution in [1.29, 1.82) is 0 Å². The van der Waals surface area contributed by atoms with Crippen LogP contribution < -0.4 is 5.32 Å². The lowest BCUT2D eigenvalue weighted by Gasteiger charge is -2.18. The van der Waals surface area contributed by atoms with Gasteiger partial charge >= 0.3 is 0 Å². The SMILES string of the molecule is CC1CC(C)(C)CC1NCCc1nnc2n1CCC2. The quantitative estimate of drug-likeness (QED) is 0.904. The van der Waals surface area contributed by atoms with Crippen LogP contribution in [-0.2, 0) is 19.4 Å². The first kappa shape index (κ1) is 13.1. The first-order valence-corrected chi connectivity index (χ1v) is 7.69. The highest BCUT2D eigenvalue weighted by atomic mass is 15.3. The third kappa shape index (κ3) is 2.69. The average molecular weight is 262 g/mol. The van der Waals surface area contributed by atoms with Crippen molar-refractivity contribution in [1.82, 2.24) is 20.1 Å². The van der Waals surface area contributed by atoms with Gasteiger partial charge in [-0.25, -0.2) is 0 Å². The molecule has 2 aliphatic rings. The summed E-state index contributed by atoms with van der Waals surface area (Å²) in [6.07, 6.45) is 5.99. The summed E-state index contributed by atoms with van der Waals surface area (Å²) < 4.78 is 2.31. The van der Waals surface area contributed by atoms with Crippen molar-refractivity contribution in [2.75, 3.05) is 6.54 Å². The number of hydrogen-bond acceptors (Lipinski definition) is 3. The fraction of sp³-hybridized carbons (Fsp3) is 0.867. The lowest BCUT2D eigenvalue weighted by molar-refractivity contribution is 0.362. The highest BCUT2D eigenvalue weighted by molar-refractivity contribution is 5.01. The molecular formula is C15H26N4. The van der Waals surface area contributed by atoms with Crippen LogP contribution in [0.15, 0.2) is 0 Å². The number of nitrogens with one attached hydrogen (secondary N) is 1. The van der Waals surface area contributed by atoms with Crippen LogP contribution >= 0.6 is 0 Å². The molecule has 0 aromatic carbocycles. The Morgan fingerprint density at radius 1 is 1.32 bits per heavy atom. The Kier molecular flexibility index (Phi) is 3.37. The van der Waals surface area contributed by atoms with Gasteiger partial charge in [-0.15, -0.1) is 10.2 Å². The highest BCUT2D eigenvalue weighted by Crippen LogP contribution is 2.40. The zero-order chi connectivity index (χ0) is 13.5. The summed E-state index contributed by atoms with van der Waals surface area (Å²) in [5, 5.41) is 12.3. The molecule has 1 aliphatic heterocycles. The van der Waals surface area contributed by atoms with Gasteiger partial charge in [0.15, 0.2) is 0 Å². The van der Waals surface area contributed by atoms with Gasteiger partial charge in [0.25, 0.3) is 0 Å². The molecule has 0 saturated heterocycles. The molecule has 1 aromatic rings. The van der Waals surface area contributed by atoms with Crippen LogP contribution in [-0.4, -0.2) is 27.4 Å². The molecule has 1 fully saturated rings. The smallest absolute Gasteiger partial charge is 0.134 e. The first-order valence-electron chi connectivity index (χ1n) is 7.69. The van der Waals surface area contributed by atoms with Gasteiger partial charge in [-0.2, -0.15) is 0 Å². The Labute approximate surface area is 116 Å². The molecular weight excluding hydrogens is 236 g/mol. The third-order valence-corrected chi connectivity index (χ3v) is 4.78. The predicted octanol–water partition coefficient (Wildman–Crippen LogP) is 2.18. The van der Waals surface area contributed by atoms with Crippen molar-refractivity contribution in [3.63, 3.8) is 0 Å². The second kappa shape index (κ2) is 4.89. The molecule has 2 unspecified atom stereocenters. The topological polar surface area (TPSA) is 42.7 Å². The Morgan fingerprint density at radius 2 is 2.16 bits per heavy atom. The van der Waals surface area contributed by atoms with Gasteiger partial charge in [0.2, 0.25) is 0 Å². The minimum absolute atomic E-state index is 0.507. The van der Waals surface area contributed by atoms with Gasteiger partial charge in [0.1, 0.15) is 11.6 Å². The predicted molar refractivity (Wildman–Crippen MR) is 76.0 cm³/mol. The summed E-state index contributed by atoms with van der Waals surface area (Å²) in [6, 6.07) is 0.677. The fourth-order valence-corrected chi connectivity index (χ4v) is 3.93. The summed E-state index contributed by atoms with van der Waals surface area (Å²) in [7, 11) is 0. The van der Waals surface area contributed by atoms with E-state index in [9.17, 15) is 0 Å². The van der Waals surface area contributed by atoms with Crippen LogP contribution in [0.3, 0.4) is 0 Å². The summed E-state index contributed by atoms with van der Waals surface area (Å²) in [4.78, 5) is 0. The van der Waals surface area contributed by atoms with Crippen molar-refractivity contribution in [3.05, 3.63) is 11.6 Å². The summed E-state index contributed by atoms with van der Waals surface area (Å²) in [6.45, 7) is 9.29. The second-order valence-electron chi connectivity index (χ2n) is 7.15. The van der Waals surface area contributed by atoms with E-state index in [-0.39, 0.29) is 0 Å². The average Bonchev–Trinajstić information content (AvgIpc) is 2.95. The standard InChI is InChI=1S/C15H26N4/c1-11-9-15(2,3)10-12(11)16-7-6-14-18-17-13-5-4-8-19(13)14/h11-12,16H,4-10H2,1-3H3. The number of aryl methyl sites for hydroxylation is 1. The Hall–Kier alpha value is -0.900. The van der Waals surface area contributed by atoms with E-state index in [4.69, 9.17) is 0 Å². The van der Waals surface area contributed by atoms with Crippen molar-refractivity contribution in [3.8, 4) is 0 Å². The number of aromatic nitrogens is 3. The summed E-state index contributed by atoms with van der Waals surface area (Å²) in [5.74, 6) is 3.15. The molecule has 2 heterocycles. The zero-order valence-electron chi connectivity index (χ0n) is 12.4. The number of hydrogen-bond donors (Lipinski definition) is 1. The molecule has 4 heteroatoms. The molecule has 0 amide bonds. The minimum atomic E-state index is 0.507. The lowest BCUT2D eigenvalue weighted by atomic mass is 9.91. The fourth-order valence-electron chi connectivity index (χ4n) is 3.93. The van der Waals surface area contributed by atoms with Crippen molar-refractivity contribution >= 4 is 0 Å². The van der Waals surface area contributed by atoms with Crippen molar-refractivity contribution in [2.45, 2.75) is 65.5 Å². The molecule has 1 saturated carbocycles. The van der Waals surface area contributed by atoms with E-state index >= 15 is 0 Å². The van der Waals surface area contributed by atoms with Gasteiger partial charge in [-0.1, -0.05) is 20.8 Å². The molecule has 1 aromatic heterocycles. The number of fused-ring (bicyclic) bond motifs is 1. The van der Waals surface area contributed by atoms with Crippen LogP contribution in [0, 0.1) is 11.3 Å². The van der Waals surface area contributed by atoms with Crippen LogP contribution in [0.1, 0.15) is 51.7 Å². The van der Waals surface area contributed by atoms with Gasteiger partial charge in [0.05, 0.1) is 0 Å². The number of rotatable bonds is 4. The van der Waals surface area contributed by atoms with E-state index in [1.54, 1.807) is 0 Å². The van der Waals surface area contributed by atoms with E-state index in [0.29, 0.717) is 11.5 Å². The normalized spacial score (nSPS) is 28.8. The van der Waals surface area contributed by atoms with E-state index in [1.807, 2.05) is 0 Å². The molecule has 0 bridgehead atoms. The molecule has 106 valence electrons. The molecule has 2 atom stereocenters. The van der Waals surface area contributed by atoms with Crippen LogP contribution in [0.5, 0.6) is 0 Å². The molecule has 0 spiro atoms. The largest absolute Gasteiger partial charge is 0.315 e. The maximum Gasteiger partial charge on any atom is 0.134 e. The molecule has 3 rings (SSSR count). The third-order valence-electron chi connectivity index (χ3n) is 4.78. The van der Waals surface area contributed by atoms with Crippen molar-refractivity contribution in [2.24, 2.45) is 11.3 Å². The van der Waals surface area contributed by atoms with Gasteiger partial charge in [-0.3, -0.25) is 0 Å². The van der Waals surface area contributed by atoms with E-state index in [1.165, 1.54) is 30.9 Å². The van der Waals surface area contributed by atoms with Gasteiger partial charge < -0.3 is 9.88 Å². The summed E-state index contributed by atoms with van der Waals surface area (Å²) >= 11 is 0. The highest BCUT2D eigenvalue weighted by Gasteiger charge is 2.36. The minimum Gasteiger partial charge on any atom is -0.315 e. The van der Waals surface area contributed by atoms with Crippen LogP contribution in [0.4, 0.5) is 0 Å². The Bertz CT molecular complexity index is 449. The lowest BCUT2D eigenvalue weighted by Crippen LogP contribution is -2.33. The van der Waals surface area contributed by atoms with E-state index in [0.717, 1.165) is 31.8 Å². The maximum atomic E-state index is 4.32.